The zero-order valence-electron chi connectivity index (χ0n) is 7.08. The van der Waals surface area contributed by atoms with Crippen molar-refractivity contribution in [1.29, 1.82) is 0 Å². The van der Waals surface area contributed by atoms with Crippen molar-refractivity contribution >= 4 is 11.6 Å². The summed E-state index contributed by atoms with van der Waals surface area (Å²) in [6.45, 7) is 2.96. The maximum Gasteiger partial charge on any atom is 0.401 e. The van der Waals surface area contributed by atoms with E-state index in [0.29, 0.717) is 0 Å². The van der Waals surface area contributed by atoms with Crippen LogP contribution in [0, 0.1) is 5.92 Å². The molecule has 0 heterocycles. The molecule has 0 amide bonds. The van der Waals surface area contributed by atoms with E-state index in [0.717, 1.165) is 0 Å². The van der Waals surface area contributed by atoms with Crippen molar-refractivity contribution in [3.05, 3.63) is 0 Å². The van der Waals surface area contributed by atoms with Crippen molar-refractivity contribution in [1.82, 2.24) is 5.32 Å². The van der Waals surface area contributed by atoms with Gasteiger partial charge >= 0.3 is 6.18 Å². The molecule has 74 valence electrons. The fourth-order valence-electron chi connectivity index (χ4n) is 0.587. The normalized spacial score (nSPS) is 15.2. The maximum atomic E-state index is 11.6. The van der Waals surface area contributed by atoms with Crippen LogP contribution in [-0.2, 0) is 0 Å². The first-order chi connectivity index (χ1) is 5.33. The summed E-state index contributed by atoms with van der Waals surface area (Å²) in [5.41, 5.74) is 0. The van der Waals surface area contributed by atoms with Gasteiger partial charge in [0.1, 0.15) is 0 Å². The van der Waals surface area contributed by atoms with E-state index in [9.17, 15) is 13.2 Å². The highest BCUT2D eigenvalue weighted by Gasteiger charge is 2.26. The van der Waals surface area contributed by atoms with Crippen molar-refractivity contribution < 1.29 is 13.2 Å². The molecule has 0 saturated carbocycles. The minimum atomic E-state index is -4.15. The third-order valence-corrected chi connectivity index (χ3v) is 2.05. The summed E-state index contributed by atoms with van der Waals surface area (Å²) in [5, 5.41) is 2.01. The highest BCUT2D eigenvalue weighted by atomic mass is 35.5. The van der Waals surface area contributed by atoms with Crippen LogP contribution in [0.3, 0.4) is 0 Å². The molecular weight excluding hydrogens is 191 g/mol. The fraction of sp³-hybridized carbons (Fsp3) is 1.00. The van der Waals surface area contributed by atoms with Crippen LogP contribution in [-0.4, -0.2) is 24.6 Å². The Morgan fingerprint density at radius 2 is 1.83 bits per heavy atom. The number of rotatable bonds is 4. The van der Waals surface area contributed by atoms with Crippen LogP contribution in [0.1, 0.15) is 13.8 Å². The summed E-state index contributed by atoms with van der Waals surface area (Å²) in [6, 6.07) is 0. The topological polar surface area (TPSA) is 12.0 Å². The summed E-state index contributed by atoms with van der Waals surface area (Å²) in [5.74, 6) is 0.187. The van der Waals surface area contributed by atoms with E-state index < -0.39 is 12.7 Å². The lowest BCUT2D eigenvalue weighted by molar-refractivity contribution is -0.124. The van der Waals surface area contributed by atoms with Gasteiger partial charge in [0.05, 0.1) is 6.54 Å². The largest absolute Gasteiger partial charge is 0.401 e. The molecule has 1 unspecified atom stereocenters. The van der Waals surface area contributed by atoms with Gasteiger partial charge in [-0.1, -0.05) is 13.8 Å². The van der Waals surface area contributed by atoms with E-state index in [1.165, 1.54) is 0 Å². The SMILES string of the molecule is CC(C)C(Cl)CNCC(F)(F)F. The Kier molecular flexibility index (Phi) is 4.94. The van der Waals surface area contributed by atoms with E-state index >= 15 is 0 Å². The van der Waals surface area contributed by atoms with E-state index in [1.807, 2.05) is 13.8 Å². The Bertz CT molecular complexity index is 124. The summed E-state index contributed by atoms with van der Waals surface area (Å²) >= 11 is 5.71. The van der Waals surface area contributed by atoms with Gasteiger partial charge in [-0.25, -0.2) is 0 Å². The molecule has 0 bridgehead atoms. The summed E-state index contributed by atoms with van der Waals surface area (Å²) in [6.07, 6.45) is -4.15. The average molecular weight is 204 g/mol. The van der Waals surface area contributed by atoms with Crippen molar-refractivity contribution in [2.24, 2.45) is 5.92 Å². The second kappa shape index (κ2) is 4.92. The zero-order valence-corrected chi connectivity index (χ0v) is 7.84. The number of hydrogen-bond donors (Lipinski definition) is 1. The van der Waals surface area contributed by atoms with Crippen molar-refractivity contribution in [3.63, 3.8) is 0 Å². The monoisotopic (exact) mass is 203 g/mol. The summed E-state index contributed by atoms with van der Waals surface area (Å²) in [4.78, 5) is 0. The van der Waals surface area contributed by atoms with Crippen LogP contribution < -0.4 is 5.32 Å². The molecule has 0 radical (unpaired) electrons. The summed E-state index contributed by atoms with van der Waals surface area (Å²) in [7, 11) is 0. The Labute approximate surface area is 75.3 Å². The van der Waals surface area contributed by atoms with Gasteiger partial charge in [-0.05, 0) is 5.92 Å². The molecule has 0 aromatic rings. The second-order valence-electron chi connectivity index (χ2n) is 3.01. The molecule has 0 aliphatic carbocycles. The molecule has 0 aliphatic heterocycles. The predicted octanol–water partition coefficient (Wildman–Crippen LogP) is 2.40. The minimum absolute atomic E-state index is 0.187. The van der Waals surface area contributed by atoms with Crippen molar-refractivity contribution in [2.75, 3.05) is 13.1 Å². The van der Waals surface area contributed by atoms with Crippen molar-refractivity contribution in [3.8, 4) is 0 Å². The highest BCUT2D eigenvalue weighted by Crippen LogP contribution is 2.13. The third kappa shape index (κ3) is 6.73. The molecule has 1 nitrogen and oxygen atoms in total. The molecule has 0 aromatic heterocycles. The molecule has 0 rings (SSSR count). The number of halogens is 4. The van der Waals surface area contributed by atoms with E-state index in [4.69, 9.17) is 11.6 Å². The molecule has 0 fully saturated rings. The van der Waals surface area contributed by atoms with E-state index in [-0.39, 0.29) is 17.8 Å². The van der Waals surface area contributed by atoms with Gasteiger partial charge in [-0.2, -0.15) is 13.2 Å². The number of hydrogen-bond acceptors (Lipinski definition) is 1. The lowest BCUT2D eigenvalue weighted by Gasteiger charge is -2.14. The molecular formula is C7H13ClF3N. The van der Waals surface area contributed by atoms with Crippen LogP contribution >= 0.6 is 11.6 Å². The standard InChI is InChI=1S/C7H13ClF3N/c1-5(2)6(8)3-12-4-7(9,10)11/h5-6,12H,3-4H2,1-2H3. The van der Waals surface area contributed by atoms with Gasteiger partial charge < -0.3 is 5.32 Å². The van der Waals surface area contributed by atoms with E-state index in [2.05, 4.69) is 5.32 Å². The first kappa shape index (κ1) is 12.0. The number of nitrogens with one attached hydrogen (secondary N) is 1. The molecule has 1 atom stereocenters. The van der Waals surface area contributed by atoms with Gasteiger partial charge in [0.2, 0.25) is 0 Å². The molecule has 0 spiro atoms. The molecule has 0 aromatic carbocycles. The van der Waals surface area contributed by atoms with E-state index in [1.54, 1.807) is 0 Å². The molecule has 0 saturated heterocycles. The lowest BCUT2D eigenvalue weighted by atomic mass is 10.1. The molecule has 12 heavy (non-hydrogen) atoms. The summed E-state index contributed by atoms with van der Waals surface area (Å²) < 4.78 is 34.8. The zero-order chi connectivity index (χ0) is 9.78. The van der Waals surface area contributed by atoms with Gasteiger partial charge in [0, 0.05) is 11.9 Å². The van der Waals surface area contributed by atoms with Gasteiger partial charge in [0.15, 0.2) is 0 Å². The number of alkyl halides is 4. The average Bonchev–Trinajstić information content (AvgIpc) is 1.84. The Balaban J connectivity index is 3.44. The van der Waals surface area contributed by atoms with Gasteiger partial charge in [-0.3, -0.25) is 0 Å². The lowest BCUT2D eigenvalue weighted by Crippen LogP contribution is -2.34. The van der Waals surface area contributed by atoms with Crippen LogP contribution in [0.5, 0.6) is 0 Å². The Morgan fingerprint density at radius 1 is 1.33 bits per heavy atom. The Hall–Kier alpha value is 0.0400. The van der Waals surface area contributed by atoms with Crippen molar-refractivity contribution in [2.45, 2.75) is 25.4 Å². The van der Waals surface area contributed by atoms with Crippen LogP contribution in [0.4, 0.5) is 13.2 Å². The fourth-order valence-corrected chi connectivity index (χ4v) is 0.697. The first-order valence-corrected chi connectivity index (χ1v) is 4.18. The highest BCUT2D eigenvalue weighted by molar-refractivity contribution is 6.20. The quantitative estimate of drug-likeness (QED) is 0.692. The Morgan fingerprint density at radius 3 is 2.17 bits per heavy atom. The smallest absolute Gasteiger partial charge is 0.307 e. The van der Waals surface area contributed by atoms with Gasteiger partial charge in [-0.15, -0.1) is 11.6 Å². The predicted molar refractivity (Wildman–Crippen MR) is 43.4 cm³/mol. The van der Waals surface area contributed by atoms with Crippen LogP contribution in [0.25, 0.3) is 0 Å². The second-order valence-corrected chi connectivity index (χ2v) is 3.57. The molecule has 0 aliphatic rings. The molecule has 1 N–H and O–H groups in total. The first-order valence-electron chi connectivity index (χ1n) is 3.74. The van der Waals surface area contributed by atoms with Gasteiger partial charge in [0.25, 0.3) is 0 Å². The molecule has 5 heteroatoms. The minimum Gasteiger partial charge on any atom is -0.307 e. The van der Waals surface area contributed by atoms with Crippen LogP contribution in [0.15, 0.2) is 0 Å². The maximum absolute atomic E-state index is 11.6. The van der Waals surface area contributed by atoms with Crippen LogP contribution in [0.2, 0.25) is 0 Å². The third-order valence-electron chi connectivity index (χ3n) is 1.39.